The van der Waals surface area contributed by atoms with Gasteiger partial charge >= 0.3 is 0 Å². The van der Waals surface area contributed by atoms with E-state index in [0.717, 1.165) is 29.0 Å². The minimum absolute atomic E-state index is 0.304. The average Bonchev–Trinajstić information content (AvgIpc) is 2.98. The number of aryl methyl sites for hydroxylation is 1. The van der Waals surface area contributed by atoms with Gasteiger partial charge in [0.2, 0.25) is 5.95 Å². The van der Waals surface area contributed by atoms with Crippen LogP contribution in [0.15, 0.2) is 23.8 Å². The lowest BCUT2D eigenvalue weighted by Gasteiger charge is -2.06. The number of fused-ring (bicyclic) bond motifs is 1. The second-order valence-electron chi connectivity index (χ2n) is 4.27. The molecule has 0 radical (unpaired) electrons. The summed E-state index contributed by atoms with van der Waals surface area (Å²) in [5.74, 6) is 1.10. The Morgan fingerprint density at radius 3 is 3.11 bits per heavy atom. The second kappa shape index (κ2) is 4.85. The molecule has 6 nitrogen and oxygen atoms in total. The van der Waals surface area contributed by atoms with Crippen molar-refractivity contribution < 1.29 is 0 Å². The van der Waals surface area contributed by atoms with Gasteiger partial charge in [0.1, 0.15) is 10.6 Å². The molecule has 0 atom stereocenters. The van der Waals surface area contributed by atoms with E-state index >= 15 is 0 Å². The molecule has 0 fully saturated rings. The molecule has 3 aromatic heterocycles. The van der Waals surface area contributed by atoms with E-state index in [0.29, 0.717) is 5.95 Å². The fraction of sp³-hybridized carbons (Fsp3) is 0.250. The summed E-state index contributed by atoms with van der Waals surface area (Å²) >= 11 is 1.56. The smallest absolute Gasteiger partial charge is 0.223 e. The van der Waals surface area contributed by atoms with Crippen molar-refractivity contribution in [1.29, 1.82) is 0 Å². The number of hydrogen-bond donors (Lipinski definition) is 2. The topological polar surface area (TPSA) is 81.7 Å². The maximum atomic E-state index is 5.70. The summed E-state index contributed by atoms with van der Waals surface area (Å²) < 4.78 is 1.80. The van der Waals surface area contributed by atoms with Crippen molar-refractivity contribution in [3.63, 3.8) is 0 Å². The van der Waals surface area contributed by atoms with E-state index in [4.69, 9.17) is 5.73 Å². The molecule has 7 heteroatoms. The lowest BCUT2D eigenvalue weighted by atomic mass is 10.2. The van der Waals surface area contributed by atoms with Gasteiger partial charge in [0.05, 0.1) is 11.6 Å². The molecule has 0 aromatic carbocycles. The van der Waals surface area contributed by atoms with Crippen LogP contribution in [0.2, 0.25) is 0 Å². The maximum absolute atomic E-state index is 5.70. The lowest BCUT2D eigenvalue weighted by Crippen LogP contribution is -2.08. The monoisotopic (exact) mass is 274 g/mol. The van der Waals surface area contributed by atoms with E-state index in [1.807, 2.05) is 30.9 Å². The van der Waals surface area contributed by atoms with Crippen LogP contribution < -0.4 is 11.1 Å². The molecule has 0 unspecified atom stereocenters. The largest absolute Gasteiger partial charge is 0.369 e. The minimum atomic E-state index is 0.304. The molecule has 3 heterocycles. The predicted octanol–water partition coefficient (Wildman–Crippen LogP) is 1.66. The van der Waals surface area contributed by atoms with Crippen molar-refractivity contribution in [3.8, 4) is 0 Å². The van der Waals surface area contributed by atoms with Crippen LogP contribution in [0.25, 0.3) is 10.2 Å². The molecule has 0 saturated carbocycles. The molecule has 0 aliphatic carbocycles. The van der Waals surface area contributed by atoms with Gasteiger partial charge in [-0.3, -0.25) is 4.68 Å². The van der Waals surface area contributed by atoms with Crippen LogP contribution in [0.5, 0.6) is 0 Å². The molecular formula is C12H14N6S. The first-order chi connectivity index (χ1) is 9.22. The van der Waals surface area contributed by atoms with E-state index in [-0.39, 0.29) is 0 Å². The quantitative estimate of drug-likeness (QED) is 0.756. The first kappa shape index (κ1) is 11.9. The van der Waals surface area contributed by atoms with Gasteiger partial charge in [0.15, 0.2) is 0 Å². The van der Waals surface area contributed by atoms with Crippen LogP contribution in [0.1, 0.15) is 5.56 Å². The number of hydrogen-bond acceptors (Lipinski definition) is 6. The third-order valence-corrected chi connectivity index (χ3v) is 3.61. The van der Waals surface area contributed by atoms with Crippen molar-refractivity contribution >= 4 is 33.3 Å². The summed E-state index contributed by atoms with van der Waals surface area (Å²) in [6.45, 7) is 0.785. The Labute approximate surface area is 114 Å². The average molecular weight is 274 g/mol. The molecule has 0 bridgehead atoms. The van der Waals surface area contributed by atoms with Crippen molar-refractivity contribution in [3.05, 3.63) is 29.4 Å². The standard InChI is InChI=1S/C12H14N6S/c1-18-7-8(6-15-18)2-4-14-10-9-3-5-19-11(9)17-12(13)16-10/h3,5-7H,2,4H2,1H3,(H3,13,14,16,17). The Hall–Kier alpha value is -2.15. The van der Waals surface area contributed by atoms with Crippen LogP contribution in [-0.4, -0.2) is 26.3 Å². The molecule has 0 amide bonds. The number of nitrogens with two attached hydrogens (primary N) is 1. The fourth-order valence-corrected chi connectivity index (χ4v) is 2.70. The molecule has 3 N–H and O–H groups in total. The van der Waals surface area contributed by atoms with Crippen molar-refractivity contribution in [2.24, 2.45) is 7.05 Å². The zero-order valence-electron chi connectivity index (χ0n) is 10.5. The van der Waals surface area contributed by atoms with Crippen LogP contribution in [0.4, 0.5) is 11.8 Å². The summed E-state index contributed by atoms with van der Waals surface area (Å²) in [7, 11) is 1.91. The summed E-state index contributed by atoms with van der Waals surface area (Å²) in [5.41, 5.74) is 6.89. The Kier molecular flexibility index (Phi) is 3.04. The number of rotatable bonds is 4. The normalized spacial score (nSPS) is 11.0. The molecule has 98 valence electrons. The summed E-state index contributed by atoms with van der Waals surface area (Å²) in [4.78, 5) is 9.36. The molecule has 0 aliphatic heterocycles. The number of nitrogens with one attached hydrogen (secondary N) is 1. The van der Waals surface area contributed by atoms with Crippen molar-refractivity contribution in [2.75, 3.05) is 17.6 Å². The fourth-order valence-electron chi connectivity index (χ4n) is 1.93. The van der Waals surface area contributed by atoms with Crippen molar-refractivity contribution in [1.82, 2.24) is 19.7 Å². The predicted molar refractivity (Wildman–Crippen MR) is 77.2 cm³/mol. The SMILES string of the molecule is Cn1cc(CCNc2nc(N)nc3sccc23)cn1. The zero-order chi connectivity index (χ0) is 13.2. The van der Waals surface area contributed by atoms with Gasteiger partial charge in [-0.25, -0.2) is 4.98 Å². The molecule has 0 saturated heterocycles. The Bertz CT molecular complexity index is 701. The van der Waals surface area contributed by atoms with Gasteiger partial charge in [-0.05, 0) is 23.4 Å². The van der Waals surface area contributed by atoms with Gasteiger partial charge < -0.3 is 11.1 Å². The van der Waals surface area contributed by atoms with Crippen LogP contribution in [-0.2, 0) is 13.5 Å². The molecule has 3 rings (SSSR count). The lowest BCUT2D eigenvalue weighted by molar-refractivity contribution is 0.767. The number of aromatic nitrogens is 4. The maximum Gasteiger partial charge on any atom is 0.223 e. The van der Waals surface area contributed by atoms with Gasteiger partial charge in [-0.15, -0.1) is 11.3 Å². The zero-order valence-corrected chi connectivity index (χ0v) is 11.3. The second-order valence-corrected chi connectivity index (χ2v) is 5.16. The van der Waals surface area contributed by atoms with Crippen LogP contribution >= 0.6 is 11.3 Å². The molecule has 3 aromatic rings. The Balaban J connectivity index is 1.73. The summed E-state index contributed by atoms with van der Waals surface area (Å²) in [5, 5.41) is 10.5. The van der Waals surface area contributed by atoms with Gasteiger partial charge in [-0.2, -0.15) is 10.1 Å². The third-order valence-electron chi connectivity index (χ3n) is 2.81. The third kappa shape index (κ3) is 2.50. The number of nitrogen functional groups attached to an aromatic ring is 1. The van der Waals surface area contributed by atoms with Gasteiger partial charge in [0.25, 0.3) is 0 Å². The minimum Gasteiger partial charge on any atom is -0.369 e. The first-order valence-corrected chi connectivity index (χ1v) is 6.82. The highest BCUT2D eigenvalue weighted by atomic mass is 32.1. The van der Waals surface area contributed by atoms with E-state index in [2.05, 4.69) is 20.4 Å². The number of thiophene rings is 1. The first-order valence-electron chi connectivity index (χ1n) is 5.94. The van der Waals surface area contributed by atoms with Crippen molar-refractivity contribution in [2.45, 2.75) is 6.42 Å². The highest BCUT2D eigenvalue weighted by Gasteiger charge is 2.06. The van der Waals surface area contributed by atoms with Gasteiger partial charge in [0, 0.05) is 19.8 Å². The molecule has 0 spiro atoms. The number of nitrogens with zero attached hydrogens (tertiary/aromatic N) is 4. The number of anilines is 2. The highest BCUT2D eigenvalue weighted by molar-refractivity contribution is 7.16. The summed E-state index contributed by atoms with van der Waals surface area (Å²) in [6.07, 6.45) is 4.77. The molecular weight excluding hydrogens is 260 g/mol. The Morgan fingerprint density at radius 1 is 1.42 bits per heavy atom. The van der Waals surface area contributed by atoms with Crippen LogP contribution in [0.3, 0.4) is 0 Å². The molecule has 19 heavy (non-hydrogen) atoms. The molecule has 0 aliphatic rings. The van der Waals surface area contributed by atoms with Gasteiger partial charge in [-0.1, -0.05) is 0 Å². The summed E-state index contributed by atoms with van der Waals surface area (Å²) in [6, 6.07) is 2.01. The van der Waals surface area contributed by atoms with E-state index in [1.165, 1.54) is 5.56 Å². The highest BCUT2D eigenvalue weighted by Crippen LogP contribution is 2.25. The van der Waals surface area contributed by atoms with E-state index in [9.17, 15) is 0 Å². The van der Waals surface area contributed by atoms with E-state index in [1.54, 1.807) is 16.0 Å². The van der Waals surface area contributed by atoms with Crippen LogP contribution in [0, 0.1) is 0 Å². The Morgan fingerprint density at radius 2 is 2.32 bits per heavy atom. The van der Waals surface area contributed by atoms with E-state index < -0.39 is 0 Å².